The molecule has 0 aliphatic rings. The summed E-state index contributed by atoms with van der Waals surface area (Å²) in [4.78, 5) is 19.7. The van der Waals surface area contributed by atoms with Gasteiger partial charge in [0.25, 0.3) is 0 Å². The maximum Gasteiger partial charge on any atom is 0.230 e. The minimum absolute atomic E-state index is 0.0596. The van der Waals surface area contributed by atoms with Crippen LogP contribution in [0.3, 0.4) is 0 Å². The number of carbonyl (C=O) groups excluding carboxylic acids is 1. The Morgan fingerprint density at radius 3 is 2.81 bits per heavy atom. The fourth-order valence-electron chi connectivity index (χ4n) is 1.97. The summed E-state index contributed by atoms with van der Waals surface area (Å²) in [5.74, 6) is 0.305. The quantitative estimate of drug-likeness (QED) is 0.383. The fourth-order valence-corrected chi connectivity index (χ4v) is 6.02. The van der Waals surface area contributed by atoms with Gasteiger partial charge in [-0.05, 0) is 40.2 Å². The molecule has 1 amide bonds. The second-order valence-corrected chi connectivity index (χ2v) is 10.7. The monoisotopic (exact) mass is 488 g/mol. The predicted octanol–water partition coefficient (Wildman–Crippen LogP) is 2.72. The second kappa shape index (κ2) is 8.42. The zero-order valence-corrected chi connectivity index (χ0v) is 17.6. The Morgan fingerprint density at radius 1 is 1.37 bits per heavy atom. The summed E-state index contributed by atoms with van der Waals surface area (Å²) in [6, 6.07) is 6.61. The highest BCUT2D eigenvalue weighted by Crippen LogP contribution is 2.32. The molecule has 0 atom stereocenters. The van der Waals surface area contributed by atoms with Gasteiger partial charge in [-0.15, -0.1) is 11.3 Å². The van der Waals surface area contributed by atoms with Gasteiger partial charge in [0.05, 0.1) is 28.5 Å². The molecular weight excluding hydrogens is 476 g/mol. The molecule has 3 aromatic rings. The first-order valence-electron chi connectivity index (χ1n) is 7.41. The van der Waals surface area contributed by atoms with E-state index in [0.717, 1.165) is 29.3 Å². The van der Waals surface area contributed by atoms with E-state index in [2.05, 4.69) is 31.2 Å². The molecule has 0 aliphatic carbocycles. The van der Waals surface area contributed by atoms with Gasteiger partial charge in [0.2, 0.25) is 15.7 Å². The number of aromatic nitrogens is 2. The van der Waals surface area contributed by atoms with Gasteiger partial charge < -0.3 is 15.5 Å². The summed E-state index contributed by atoms with van der Waals surface area (Å²) < 4.78 is 31.1. The molecule has 0 unspecified atom stereocenters. The first-order chi connectivity index (χ1) is 12.9. The molecule has 0 aliphatic heterocycles. The van der Waals surface area contributed by atoms with Crippen molar-refractivity contribution in [3.05, 3.63) is 46.3 Å². The van der Waals surface area contributed by atoms with Crippen molar-refractivity contribution in [3.63, 3.8) is 0 Å². The van der Waals surface area contributed by atoms with E-state index in [1.165, 1.54) is 12.3 Å². The molecule has 3 heterocycles. The van der Waals surface area contributed by atoms with Crippen LogP contribution in [0, 0.1) is 0 Å². The average molecular weight is 489 g/mol. The topological polar surface area (TPSA) is 128 Å². The van der Waals surface area contributed by atoms with Crippen molar-refractivity contribution in [1.29, 1.82) is 0 Å². The third-order valence-corrected chi connectivity index (χ3v) is 7.98. The number of sulfone groups is 1. The second-order valence-electron chi connectivity index (χ2n) is 5.11. The number of nitrogen functional groups attached to an aromatic ring is 1. The summed E-state index contributed by atoms with van der Waals surface area (Å²) >= 11 is 5.36. The summed E-state index contributed by atoms with van der Waals surface area (Å²) in [7, 11) is -3.79. The van der Waals surface area contributed by atoms with Crippen LogP contribution in [-0.2, 0) is 21.2 Å². The largest absolute Gasteiger partial charge is 0.467 e. The average Bonchev–Trinajstić information content (AvgIpc) is 3.29. The van der Waals surface area contributed by atoms with Crippen molar-refractivity contribution in [1.82, 2.24) is 15.3 Å². The molecule has 27 heavy (non-hydrogen) atoms. The van der Waals surface area contributed by atoms with Gasteiger partial charge in [0.15, 0.2) is 5.16 Å². The zero-order chi connectivity index (χ0) is 19.4. The Morgan fingerprint density at radius 2 is 2.19 bits per heavy atom. The van der Waals surface area contributed by atoms with Gasteiger partial charge in [0, 0.05) is 0 Å². The number of nitrogens with zero attached hydrogens (tertiary/aromatic N) is 2. The smallest absolute Gasteiger partial charge is 0.230 e. The Hall–Kier alpha value is -1.89. The fraction of sp³-hybridized carbons (Fsp3) is 0.133. The minimum atomic E-state index is -3.79. The lowest BCUT2D eigenvalue weighted by Gasteiger charge is -2.07. The van der Waals surface area contributed by atoms with Gasteiger partial charge >= 0.3 is 0 Å². The molecule has 0 radical (unpaired) electrons. The SMILES string of the molecule is Nc1nc(SCC(=O)NCc2ccco2)ncc1S(=O)(=O)c1ccc(Br)s1. The molecule has 142 valence electrons. The van der Waals surface area contributed by atoms with E-state index >= 15 is 0 Å². The highest BCUT2D eigenvalue weighted by atomic mass is 79.9. The van der Waals surface area contributed by atoms with E-state index in [-0.39, 0.29) is 38.3 Å². The number of furan rings is 1. The number of nitrogens with two attached hydrogens (primary N) is 1. The van der Waals surface area contributed by atoms with Crippen LogP contribution in [0.2, 0.25) is 0 Å². The molecule has 3 aromatic heterocycles. The Balaban J connectivity index is 1.63. The van der Waals surface area contributed by atoms with Crippen LogP contribution in [0.25, 0.3) is 0 Å². The first kappa shape index (κ1) is 19.9. The summed E-state index contributed by atoms with van der Waals surface area (Å²) in [6.07, 6.45) is 2.69. The third-order valence-electron chi connectivity index (χ3n) is 3.24. The van der Waals surface area contributed by atoms with Crippen molar-refractivity contribution in [2.45, 2.75) is 20.8 Å². The minimum Gasteiger partial charge on any atom is -0.467 e. The molecule has 8 nitrogen and oxygen atoms in total. The zero-order valence-electron chi connectivity index (χ0n) is 13.6. The molecule has 0 spiro atoms. The highest BCUT2D eigenvalue weighted by Gasteiger charge is 2.24. The Labute approximate surface area is 171 Å². The number of thioether (sulfide) groups is 1. The van der Waals surface area contributed by atoms with Gasteiger partial charge in [-0.2, -0.15) is 0 Å². The molecule has 0 aromatic carbocycles. The molecular formula is C15H13BrN4O4S3. The van der Waals surface area contributed by atoms with Gasteiger partial charge in [-0.1, -0.05) is 11.8 Å². The molecule has 3 rings (SSSR count). The number of halogens is 1. The molecule has 12 heteroatoms. The number of anilines is 1. The number of thiophene rings is 1. The van der Waals surface area contributed by atoms with Crippen LogP contribution in [-0.4, -0.2) is 30.0 Å². The van der Waals surface area contributed by atoms with E-state index in [4.69, 9.17) is 10.2 Å². The van der Waals surface area contributed by atoms with E-state index in [0.29, 0.717) is 9.55 Å². The Bertz CT molecular complexity index is 1050. The molecule has 0 saturated heterocycles. The lowest BCUT2D eigenvalue weighted by molar-refractivity contribution is -0.118. The van der Waals surface area contributed by atoms with Gasteiger partial charge in [-0.3, -0.25) is 4.79 Å². The Kier molecular flexibility index (Phi) is 6.19. The molecule has 0 bridgehead atoms. The maximum absolute atomic E-state index is 12.6. The summed E-state index contributed by atoms with van der Waals surface area (Å²) in [5.41, 5.74) is 5.82. The lowest BCUT2D eigenvalue weighted by Crippen LogP contribution is -2.24. The van der Waals surface area contributed by atoms with Crippen LogP contribution in [0.4, 0.5) is 5.82 Å². The standard InChI is InChI=1S/C15H13BrN4O4S3/c16-11-3-4-13(26-11)27(22,23)10-7-19-15(20-14(10)17)25-8-12(21)18-6-9-2-1-5-24-9/h1-5,7H,6,8H2,(H,18,21)(H2,17,19,20). The van der Waals surface area contributed by atoms with Crippen molar-refractivity contribution in [3.8, 4) is 0 Å². The van der Waals surface area contributed by atoms with Crippen LogP contribution in [0.1, 0.15) is 5.76 Å². The van der Waals surface area contributed by atoms with E-state index < -0.39 is 9.84 Å². The number of nitrogens with one attached hydrogen (secondary N) is 1. The normalized spacial score (nSPS) is 11.4. The summed E-state index contributed by atoms with van der Waals surface area (Å²) in [5, 5.41) is 2.90. The van der Waals surface area contributed by atoms with E-state index in [1.54, 1.807) is 18.2 Å². The number of carbonyl (C=O) groups is 1. The lowest BCUT2D eigenvalue weighted by atomic mass is 10.4. The van der Waals surface area contributed by atoms with Crippen LogP contribution in [0.5, 0.6) is 0 Å². The van der Waals surface area contributed by atoms with Gasteiger partial charge in [0.1, 0.15) is 20.7 Å². The van der Waals surface area contributed by atoms with Crippen molar-refractivity contribution >= 4 is 60.6 Å². The van der Waals surface area contributed by atoms with Crippen LogP contribution in [0.15, 0.2) is 59.2 Å². The number of rotatable bonds is 7. The predicted molar refractivity (Wildman–Crippen MR) is 105 cm³/mol. The van der Waals surface area contributed by atoms with E-state index in [1.807, 2.05) is 0 Å². The molecule has 3 N–H and O–H groups in total. The van der Waals surface area contributed by atoms with Crippen molar-refractivity contribution in [2.75, 3.05) is 11.5 Å². The summed E-state index contributed by atoms with van der Waals surface area (Å²) in [6.45, 7) is 0.281. The maximum atomic E-state index is 12.6. The first-order valence-corrected chi connectivity index (χ1v) is 11.5. The van der Waals surface area contributed by atoms with Crippen molar-refractivity contribution in [2.24, 2.45) is 0 Å². The van der Waals surface area contributed by atoms with Crippen LogP contribution < -0.4 is 11.1 Å². The molecule has 0 saturated carbocycles. The third kappa shape index (κ3) is 4.89. The van der Waals surface area contributed by atoms with Crippen molar-refractivity contribution < 1.29 is 17.6 Å². The number of hydrogen-bond donors (Lipinski definition) is 2. The van der Waals surface area contributed by atoms with E-state index in [9.17, 15) is 13.2 Å². The number of hydrogen-bond acceptors (Lipinski definition) is 9. The highest BCUT2D eigenvalue weighted by molar-refractivity contribution is 9.11. The molecule has 0 fully saturated rings. The number of amides is 1. The van der Waals surface area contributed by atoms with Crippen LogP contribution >= 0.6 is 39.0 Å². The van der Waals surface area contributed by atoms with Gasteiger partial charge in [-0.25, -0.2) is 18.4 Å².